The molecule has 1 aromatic heterocycles. The smallest absolute Gasteiger partial charge is 0.0455 e. The molecular formula is C13H17N3. The van der Waals surface area contributed by atoms with Gasteiger partial charge in [0.2, 0.25) is 0 Å². The fourth-order valence-corrected chi connectivity index (χ4v) is 2.34. The molecule has 1 aromatic carbocycles. The Morgan fingerprint density at radius 1 is 1.06 bits per heavy atom. The van der Waals surface area contributed by atoms with Crippen LogP contribution in [0, 0.1) is 0 Å². The van der Waals surface area contributed by atoms with Gasteiger partial charge in [0.1, 0.15) is 0 Å². The third-order valence-corrected chi connectivity index (χ3v) is 3.24. The number of rotatable bonds is 1. The molecule has 0 unspecified atom stereocenters. The van der Waals surface area contributed by atoms with E-state index in [-0.39, 0.29) is 0 Å². The largest absolute Gasteiger partial charge is 0.370 e. The Bertz CT molecular complexity index is 467. The monoisotopic (exact) mass is 215 g/mol. The van der Waals surface area contributed by atoms with Crippen LogP contribution >= 0.6 is 0 Å². The summed E-state index contributed by atoms with van der Waals surface area (Å²) in [6.45, 7) is 4.49. The van der Waals surface area contributed by atoms with E-state index in [1.54, 1.807) is 0 Å². The van der Waals surface area contributed by atoms with Crippen molar-refractivity contribution < 1.29 is 0 Å². The minimum Gasteiger partial charge on any atom is -0.370 e. The van der Waals surface area contributed by atoms with Crippen molar-refractivity contribution in [1.29, 1.82) is 0 Å². The van der Waals surface area contributed by atoms with Crippen LogP contribution in [0.2, 0.25) is 0 Å². The maximum atomic E-state index is 3.43. The highest BCUT2D eigenvalue weighted by atomic mass is 15.2. The minimum absolute atomic E-state index is 1.09. The zero-order chi connectivity index (χ0) is 10.8. The number of nitrogens with one attached hydrogen (secondary N) is 2. The van der Waals surface area contributed by atoms with Gasteiger partial charge in [-0.3, -0.25) is 0 Å². The quantitative estimate of drug-likeness (QED) is 0.762. The van der Waals surface area contributed by atoms with Crippen LogP contribution in [0.4, 0.5) is 5.69 Å². The lowest BCUT2D eigenvalue weighted by Crippen LogP contribution is -2.27. The number of aromatic nitrogens is 1. The Balaban J connectivity index is 1.91. The first-order valence-electron chi connectivity index (χ1n) is 5.96. The highest BCUT2D eigenvalue weighted by Crippen LogP contribution is 2.21. The van der Waals surface area contributed by atoms with Crippen molar-refractivity contribution in [1.82, 2.24) is 10.3 Å². The van der Waals surface area contributed by atoms with E-state index < -0.39 is 0 Å². The van der Waals surface area contributed by atoms with Gasteiger partial charge in [0.05, 0.1) is 0 Å². The Kier molecular flexibility index (Phi) is 2.54. The molecule has 16 heavy (non-hydrogen) atoms. The second-order valence-corrected chi connectivity index (χ2v) is 4.34. The SMILES string of the molecule is c1cc2cc(N3CCCNCC3)ccc2[nH]1. The summed E-state index contributed by atoms with van der Waals surface area (Å²) in [4.78, 5) is 5.70. The lowest BCUT2D eigenvalue weighted by atomic mass is 10.2. The lowest BCUT2D eigenvalue weighted by Gasteiger charge is -2.22. The summed E-state index contributed by atoms with van der Waals surface area (Å²) in [7, 11) is 0. The van der Waals surface area contributed by atoms with E-state index in [0.29, 0.717) is 0 Å². The summed E-state index contributed by atoms with van der Waals surface area (Å²) >= 11 is 0. The lowest BCUT2D eigenvalue weighted by molar-refractivity contribution is 0.724. The first-order chi connectivity index (χ1) is 7.93. The Morgan fingerprint density at radius 2 is 2.06 bits per heavy atom. The Morgan fingerprint density at radius 3 is 3.06 bits per heavy atom. The van der Waals surface area contributed by atoms with Crippen LogP contribution in [0.25, 0.3) is 10.9 Å². The van der Waals surface area contributed by atoms with E-state index >= 15 is 0 Å². The molecule has 3 rings (SSSR count). The van der Waals surface area contributed by atoms with Gasteiger partial charge in [-0.15, -0.1) is 0 Å². The molecule has 0 saturated carbocycles. The molecular weight excluding hydrogens is 198 g/mol. The number of nitrogens with zero attached hydrogens (tertiary/aromatic N) is 1. The molecule has 1 fully saturated rings. The van der Waals surface area contributed by atoms with Crippen LogP contribution in [-0.4, -0.2) is 31.2 Å². The number of hydrogen-bond acceptors (Lipinski definition) is 2. The number of hydrogen-bond donors (Lipinski definition) is 2. The van der Waals surface area contributed by atoms with Crippen LogP contribution in [0.3, 0.4) is 0 Å². The molecule has 0 spiro atoms. The molecule has 2 heterocycles. The standard InChI is InChI=1S/C13H17N3/c1-5-14-7-9-16(8-1)12-2-3-13-11(10-12)4-6-15-13/h2-4,6,10,14-15H,1,5,7-9H2. The minimum atomic E-state index is 1.09. The van der Waals surface area contributed by atoms with Crippen molar-refractivity contribution in [3.63, 3.8) is 0 Å². The summed E-state index contributed by atoms with van der Waals surface area (Å²) in [5, 5.41) is 4.73. The van der Waals surface area contributed by atoms with E-state index in [1.165, 1.54) is 23.0 Å². The zero-order valence-corrected chi connectivity index (χ0v) is 9.37. The maximum Gasteiger partial charge on any atom is 0.0455 e. The molecule has 0 radical (unpaired) electrons. The number of H-pyrrole nitrogens is 1. The Hall–Kier alpha value is -1.48. The molecule has 0 bridgehead atoms. The van der Waals surface area contributed by atoms with Gasteiger partial charge in [0.15, 0.2) is 0 Å². The molecule has 84 valence electrons. The molecule has 2 N–H and O–H groups in total. The van der Waals surface area contributed by atoms with Gasteiger partial charge in [-0.2, -0.15) is 0 Å². The summed E-state index contributed by atoms with van der Waals surface area (Å²) in [5.74, 6) is 0. The normalized spacial score (nSPS) is 17.6. The third-order valence-electron chi connectivity index (χ3n) is 3.24. The molecule has 0 aliphatic carbocycles. The van der Waals surface area contributed by atoms with Crippen LogP contribution < -0.4 is 10.2 Å². The first-order valence-corrected chi connectivity index (χ1v) is 5.96. The molecule has 2 aromatic rings. The maximum absolute atomic E-state index is 3.43. The van der Waals surface area contributed by atoms with E-state index in [1.807, 2.05) is 6.20 Å². The van der Waals surface area contributed by atoms with Crippen LogP contribution in [-0.2, 0) is 0 Å². The van der Waals surface area contributed by atoms with Gasteiger partial charge in [0, 0.05) is 42.4 Å². The second-order valence-electron chi connectivity index (χ2n) is 4.34. The molecule has 1 aliphatic rings. The fraction of sp³-hybridized carbons (Fsp3) is 0.385. The fourth-order valence-electron chi connectivity index (χ4n) is 2.34. The van der Waals surface area contributed by atoms with E-state index in [9.17, 15) is 0 Å². The molecule has 3 heteroatoms. The van der Waals surface area contributed by atoms with E-state index in [2.05, 4.69) is 39.5 Å². The average molecular weight is 215 g/mol. The van der Waals surface area contributed by atoms with Crippen molar-refractivity contribution in [2.45, 2.75) is 6.42 Å². The van der Waals surface area contributed by atoms with Crippen LogP contribution in [0.1, 0.15) is 6.42 Å². The van der Waals surface area contributed by atoms with Crippen LogP contribution in [0.5, 0.6) is 0 Å². The van der Waals surface area contributed by atoms with Crippen molar-refractivity contribution in [2.75, 3.05) is 31.1 Å². The molecule has 1 aliphatic heterocycles. The topological polar surface area (TPSA) is 31.1 Å². The molecule has 3 nitrogen and oxygen atoms in total. The number of fused-ring (bicyclic) bond motifs is 1. The number of anilines is 1. The van der Waals surface area contributed by atoms with Crippen molar-refractivity contribution in [2.24, 2.45) is 0 Å². The summed E-state index contributed by atoms with van der Waals surface area (Å²) in [6.07, 6.45) is 3.23. The molecule has 1 saturated heterocycles. The number of aromatic amines is 1. The van der Waals surface area contributed by atoms with Gasteiger partial charge < -0.3 is 15.2 Å². The summed E-state index contributed by atoms with van der Waals surface area (Å²) < 4.78 is 0. The van der Waals surface area contributed by atoms with Gasteiger partial charge in [-0.25, -0.2) is 0 Å². The van der Waals surface area contributed by atoms with Gasteiger partial charge in [-0.1, -0.05) is 0 Å². The summed E-state index contributed by atoms with van der Waals surface area (Å²) in [6, 6.07) is 8.79. The predicted molar refractivity (Wildman–Crippen MR) is 68.0 cm³/mol. The van der Waals surface area contributed by atoms with Gasteiger partial charge >= 0.3 is 0 Å². The zero-order valence-electron chi connectivity index (χ0n) is 9.37. The van der Waals surface area contributed by atoms with Crippen molar-refractivity contribution in [3.05, 3.63) is 30.5 Å². The van der Waals surface area contributed by atoms with Crippen molar-refractivity contribution >= 4 is 16.6 Å². The highest BCUT2D eigenvalue weighted by Gasteiger charge is 2.09. The van der Waals surface area contributed by atoms with Crippen molar-refractivity contribution in [3.8, 4) is 0 Å². The van der Waals surface area contributed by atoms with Crippen LogP contribution in [0.15, 0.2) is 30.5 Å². The summed E-state index contributed by atoms with van der Waals surface area (Å²) in [5.41, 5.74) is 2.56. The predicted octanol–water partition coefficient (Wildman–Crippen LogP) is 1.97. The van der Waals surface area contributed by atoms with Gasteiger partial charge in [0.25, 0.3) is 0 Å². The highest BCUT2D eigenvalue weighted by molar-refractivity contribution is 5.83. The third kappa shape index (κ3) is 1.78. The molecule has 0 amide bonds. The average Bonchev–Trinajstić information content (AvgIpc) is 2.61. The van der Waals surface area contributed by atoms with E-state index in [0.717, 1.165) is 26.2 Å². The first kappa shape index (κ1) is 9.73. The van der Waals surface area contributed by atoms with E-state index in [4.69, 9.17) is 0 Å². The Labute approximate surface area is 95.5 Å². The van der Waals surface area contributed by atoms with Gasteiger partial charge in [-0.05, 0) is 37.2 Å². The molecule has 0 atom stereocenters. The number of benzene rings is 1. The second kappa shape index (κ2) is 4.18.